The standard InChI is InChI=1S/C35H48ClN5O6/c1-34(2,3)30(39-28(42)16-21-9-6-5-7-10-21)33(46)41-20-35(18-26(40-47-35)23-11-8-12-24(36)17-23)19-27(41)31(44)38-25(15-22-13-14-22)29(43)32(45)37-4/h8,11-12,17,21-22,25,27,30H,5-7,9-10,13-16,18-20H2,1-4H3,(H,37,45)(H,38,44)(H,39,42)/t25-,27-,30+,35+/m0/s1. The van der Waals surface area contributed by atoms with Gasteiger partial charge in [-0.05, 0) is 48.6 Å². The highest BCUT2D eigenvalue weighted by Crippen LogP contribution is 2.41. The maximum atomic E-state index is 14.5. The number of hydrogen-bond donors (Lipinski definition) is 3. The highest BCUT2D eigenvalue weighted by molar-refractivity contribution is 6.38. The number of nitrogens with zero attached hydrogens (tertiary/aromatic N) is 2. The fourth-order valence-electron chi connectivity index (χ4n) is 7.11. The Hall–Kier alpha value is -3.47. The van der Waals surface area contributed by atoms with Gasteiger partial charge < -0.3 is 25.7 Å². The summed E-state index contributed by atoms with van der Waals surface area (Å²) in [4.78, 5) is 74.8. The highest BCUT2D eigenvalue weighted by atomic mass is 35.5. The van der Waals surface area contributed by atoms with E-state index in [0.29, 0.717) is 35.9 Å². The third kappa shape index (κ3) is 8.52. The number of likely N-dealkylation sites (N-methyl/N-ethyl adjacent to an activating group) is 1. The number of oxime groups is 1. The smallest absolute Gasteiger partial charge is 0.289 e. The van der Waals surface area contributed by atoms with Crippen LogP contribution in [0.3, 0.4) is 0 Å². The number of rotatable bonds is 11. The van der Waals surface area contributed by atoms with Gasteiger partial charge in [-0.1, -0.05) is 81.8 Å². The maximum Gasteiger partial charge on any atom is 0.289 e. The van der Waals surface area contributed by atoms with E-state index in [1.54, 1.807) is 12.1 Å². The lowest BCUT2D eigenvalue weighted by molar-refractivity contribution is -0.145. The molecule has 1 spiro atoms. The fourth-order valence-corrected chi connectivity index (χ4v) is 7.30. The van der Waals surface area contributed by atoms with Gasteiger partial charge in [0.2, 0.25) is 23.5 Å². The monoisotopic (exact) mass is 669 g/mol. The van der Waals surface area contributed by atoms with E-state index in [1.807, 2.05) is 32.9 Å². The van der Waals surface area contributed by atoms with Gasteiger partial charge in [-0.25, -0.2) is 0 Å². The maximum absolute atomic E-state index is 14.5. The molecule has 0 aromatic heterocycles. The fraction of sp³-hybridized carbons (Fsp3) is 0.657. The van der Waals surface area contributed by atoms with E-state index in [2.05, 4.69) is 21.1 Å². The Morgan fingerprint density at radius 3 is 2.40 bits per heavy atom. The minimum absolute atomic E-state index is 0.0548. The Labute approximate surface area is 281 Å². The van der Waals surface area contributed by atoms with Crippen molar-refractivity contribution in [1.82, 2.24) is 20.9 Å². The summed E-state index contributed by atoms with van der Waals surface area (Å²) in [5.41, 5.74) is -0.238. The number of halogens is 1. The first-order chi connectivity index (χ1) is 22.3. The van der Waals surface area contributed by atoms with Crippen LogP contribution in [0.1, 0.15) is 97.0 Å². The Balaban J connectivity index is 1.39. The summed E-state index contributed by atoms with van der Waals surface area (Å²) < 4.78 is 0. The molecule has 0 unspecified atom stereocenters. The summed E-state index contributed by atoms with van der Waals surface area (Å²) in [5, 5.41) is 13.1. The summed E-state index contributed by atoms with van der Waals surface area (Å²) in [6.45, 7) is 5.71. The molecule has 2 heterocycles. The second-order valence-corrected chi connectivity index (χ2v) is 15.4. The minimum Gasteiger partial charge on any atom is -0.387 e. The highest BCUT2D eigenvalue weighted by Gasteiger charge is 2.55. The van der Waals surface area contributed by atoms with Crippen LogP contribution < -0.4 is 16.0 Å². The molecule has 3 fully saturated rings. The predicted octanol–water partition coefficient (Wildman–Crippen LogP) is 3.91. The van der Waals surface area contributed by atoms with Crippen molar-refractivity contribution in [1.29, 1.82) is 0 Å². The van der Waals surface area contributed by atoms with Crippen LogP contribution >= 0.6 is 11.6 Å². The topological polar surface area (TPSA) is 146 Å². The third-order valence-electron chi connectivity index (χ3n) is 9.95. The van der Waals surface area contributed by atoms with Gasteiger partial charge in [-0.3, -0.25) is 24.0 Å². The van der Waals surface area contributed by atoms with Crippen molar-refractivity contribution >= 4 is 46.7 Å². The number of Topliss-reactive ketones (excluding diaryl/α,β-unsaturated/α-hetero) is 1. The first-order valence-corrected chi connectivity index (χ1v) is 17.3. The average Bonchev–Trinajstić information content (AvgIpc) is 3.64. The zero-order chi connectivity index (χ0) is 33.9. The first kappa shape index (κ1) is 34.9. The Kier molecular flexibility index (Phi) is 10.6. The van der Waals surface area contributed by atoms with Gasteiger partial charge in [0.15, 0.2) is 5.60 Å². The average molecular weight is 670 g/mol. The van der Waals surface area contributed by atoms with Gasteiger partial charge in [-0.15, -0.1) is 0 Å². The molecule has 0 bridgehead atoms. The second kappa shape index (κ2) is 14.3. The molecular formula is C35H48ClN5O6. The predicted molar refractivity (Wildman–Crippen MR) is 177 cm³/mol. The lowest BCUT2D eigenvalue weighted by Gasteiger charge is -2.36. The first-order valence-electron chi connectivity index (χ1n) is 17.0. The normalized spacial score (nSPS) is 24.2. The van der Waals surface area contributed by atoms with Gasteiger partial charge in [0.25, 0.3) is 5.91 Å². The number of carbonyl (C=O) groups is 5. The summed E-state index contributed by atoms with van der Waals surface area (Å²) in [6.07, 6.45) is 8.41. The molecule has 1 aromatic rings. The van der Waals surface area contributed by atoms with Crippen molar-refractivity contribution in [2.75, 3.05) is 13.6 Å². The van der Waals surface area contributed by atoms with Crippen LogP contribution in [0.4, 0.5) is 0 Å². The van der Waals surface area contributed by atoms with E-state index >= 15 is 0 Å². The van der Waals surface area contributed by atoms with Crippen molar-refractivity contribution in [3.8, 4) is 0 Å². The molecule has 5 rings (SSSR count). The molecule has 4 atom stereocenters. The van der Waals surface area contributed by atoms with Crippen molar-refractivity contribution < 1.29 is 28.8 Å². The number of likely N-dealkylation sites (tertiary alicyclic amines) is 1. The second-order valence-electron chi connectivity index (χ2n) is 14.9. The molecule has 4 amide bonds. The third-order valence-corrected chi connectivity index (χ3v) is 10.2. The van der Waals surface area contributed by atoms with E-state index in [4.69, 9.17) is 16.4 Å². The molecule has 256 valence electrons. The molecule has 2 aliphatic heterocycles. The summed E-state index contributed by atoms with van der Waals surface area (Å²) in [6, 6.07) is 4.30. The molecule has 1 aromatic carbocycles. The molecule has 4 aliphatic rings. The number of benzene rings is 1. The van der Waals surface area contributed by atoms with Crippen molar-refractivity contribution in [3.63, 3.8) is 0 Å². The van der Waals surface area contributed by atoms with E-state index in [1.165, 1.54) is 18.4 Å². The molecule has 12 heteroatoms. The van der Waals surface area contributed by atoms with Crippen LogP contribution in [-0.2, 0) is 28.8 Å². The number of nitrogens with one attached hydrogen (secondary N) is 3. The molecule has 2 saturated carbocycles. The lowest BCUT2D eigenvalue weighted by Crippen LogP contribution is -2.59. The Morgan fingerprint density at radius 1 is 1.04 bits per heavy atom. The van der Waals surface area contributed by atoms with E-state index in [9.17, 15) is 24.0 Å². The van der Waals surface area contributed by atoms with Crippen LogP contribution in [0, 0.1) is 17.3 Å². The van der Waals surface area contributed by atoms with Crippen molar-refractivity contribution in [3.05, 3.63) is 34.9 Å². The van der Waals surface area contributed by atoms with Gasteiger partial charge in [-0.2, -0.15) is 0 Å². The van der Waals surface area contributed by atoms with E-state index in [0.717, 1.165) is 44.1 Å². The van der Waals surface area contributed by atoms with E-state index in [-0.39, 0.29) is 24.8 Å². The van der Waals surface area contributed by atoms with Crippen LogP contribution in [0.15, 0.2) is 29.4 Å². The summed E-state index contributed by atoms with van der Waals surface area (Å²) >= 11 is 6.24. The van der Waals surface area contributed by atoms with Gasteiger partial charge in [0, 0.05) is 36.9 Å². The zero-order valence-electron chi connectivity index (χ0n) is 27.9. The molecular weight excluding hydrogens is 622 g/mol. The molecule has 3 N–H and O–H groups in total. The number of carbonyl (C=O) groups excluding carboxylic acids is 5. The molecule has 0 radical (unpaired) electrons. The van der Waals surface area contributed by atoms with E-state index < -0.39 is 52.6 Å². The minimum atomic E-state index is -1.02. The molecule has 47 heavy (non-hydrogen) atoms. The zero-order valence-corrected chi connectivity index (χ0v) is 28.7. The van der Waals surface area contributed by atoms with Crippen LogP contribution in [0.2, 0.25) is 5.02 Å². The van der Waals surface area contributed by atoms with Crippen LogP contribution in [-0.4, -0.2) is 77.3 Å². The molecule has 2 aliphatic carbocycles. The summed E-state index contributed by atoms with van der Waals surface area (Å²) in [7, 11) is 1.38. The lowest BCUT2D eigenvalue weighted by atomic mass is 9.84. The quantitative estimate of drug-likeness (QED) is 0.305. The van der Waals surface area contributed by atoms with Gasteiger partial charge >= 0.3 is 0 Å². The van der Waals surface area contributed by atoms with Gasteiger partial charge in [0.05, 0.1) is 18.3 Å². The largest absolute Gasteiger partial charge is 0.387 e. The molecule has 11 nitrogen and oxygen atoms in total. The van der Waals surface area contributed by atoms with Crippen LogP contribution in [0.25, 0.3) is 0 Å². The number of ketones is 1. The van der Waals surface area contributed by atoms with Gasteiger partial charge in [0.1, 0.15) is 12.1 Å². The SMILES string of the molecule is CNC(=O)C(=O)[C@H](CC1CC1)NC(=O)[C@@H]1C[C@]2(CC(c3cccc(Cl)c3)=NO2)CN1C(=O)[C@@H](NC(=O)CC1CCCCC1)C(C)(C)C. The number of amides is 4. The Bertz CT molecular complexity index is 1420. The van der Waals surface area contributed by atoms with Crippen LogP contribution in [0.5, 0.6) is 0 Å². The summed E-state index contributed by atoms with van der Waals surface area (Å²) in [5.74, 6) is -2.07. The molecule has 1 saturated heterocycles. The van der Waals surface area contributed by atoms with Crippen molar-refractivity contribution in [2.24, 2.45) is 22.4 Å². The Morgan fingerprint density at radius 2 is 1.77 bits per heavy atom. The number of hydrogen-bond acceptors (Lipinski definition) is 7. The van der Waals surface area contributed by atoms with Crippen molar-refractivity contribution in [2.45, 2.75) is 115 Å².